The molecule has 1 unspecified atom stereocenters. The lowest BCUT2D eigenvalue weighted by Crippen LogP contribution is -2.15. The summed E-state index contributed by atoms with van der Waals surface area (Å²) in [5.74, 6) is 0.815. The zero-order valence-corrected chi connectivity index (χ0v) is 13.1. The molecule has 0 fully saturated rings. The minimum Gasteiger partial charge on any atom is -0.496 e. The fraction of sp³-hybridized carbons (Fsp3) is 0.294. The first-order valence-corrected chi connectivity index (χ1v) is 6.98. The van der Waals surface area contributed by atoms with Crippen LogP contribution < -0.4 is 10.5 Å². The van der Waals surface area contributed by atoms with Gasteiger partial charge in [-0.05, 0) is 49.6 Å². The van der Waals surface area contributed by atoms with Crippen molar-refractivity contribution in [3.8, 4) is 5.75 Å². The summed E-state index contributed by atoms with van der Waals surface area (Å²) in [7, 11) is 1.67. The molecule has 0 saturated carbocycles. The molecule has 0 radical (unpaired) electrons. The minimum absolute atomic E-state index is 0.221. The summed E-state index contributed by atoms with van der Waals surface area (Å²) in [5.41, 5.74) is 11.8. The maximum absolute atomic E-state index is 6.46. The Balaban J connectivity index is 2.54. The largest absolute Gasteiger partial charge is 0.496 e. The zero-order chi connectivity index (χ0) is 14.9. The third-order valence-electron chi connectivity index (χ3n) is 3.60. The highest BCUT2D eigenvalue weighted by atomic mass is 35.5. The van der Waals surface area contributed by atoms with Crippen molar-refractivity contribution in [2.24, 2.45) is 5.73 Å². The van der Waals surface area contributed by atoms with E-state index in [9.17, 15) is 0 Å². The minimum atomic E-state index is -0.221. The SMILES string of the molecule is COc1ccc(C)cc1C(N)c1cc(C)c(Cl)cc1C. The van der Waals surface area contributed by atoms with Gasteiger partial charge in [-0.15, -0.1) is 0 Å². The lowest BCUT2D eigenvalue weighted by atomic mass is 9.93. The highest BCUT2D eigenvalue weighted by Crippen LogP contribution is 2.32. The van der Waals surface area contributed by atoms with Gasteiger partial charge < -0.3 is 10.5 Å². The van der Waals surface area contributed by atoms with E-state index in [1.807, 2.05) is 32.0 Å². The summed E-state index contributed by atoms with van der Waals surface area (Å²) in [5, 5.41) is 0.773. The van der Waals surface area contributed by atoms with Crippen molar-refractivity contribution in [2.45, 2.75) is 26.8 Å². The highest BCUT2D eigenvalue weighted by molar-refractivity contribution is 6.31. The second kappa shape index (κ2) is 5.86. The van der Waals surface area contributed by atoms with E-state index in [2.05, 4.69) is 19.1 Å². The van der Waals surface area contributed by atoms with Crippen LogP contribution in [0.5, 0.6) is 5.75 Å². The topological polar surface area (TPSA) is 35.2 Å². The number of rotatable bonds is 3. The Bertz CT molecular complexity index is 637. The molecular formula is C17H20ClNO. The predicted molar refractivity (Wildman–Crippen MR) is 84.7 cm³/mol. The molecule has 2 N–H and O–H groups in total. The van der Waals surface area contributed by atoms with Crippen molar-refractivity contribution >= 4 is 11.6 Å². The Morgan fingerprint density at radius 1 is 1.00 bits per heavy atom. The molecule has 0 aliphatic heterocycles. The normalized spacial score (nSPS) is 12.3. The monoisotopic (exact) mass is 289 g/mol. The summed E-state index contributed by atoms with van der Waals surface area (Å²) in [4.78, 5) is 0. The average molecular weight is 290 g/mol. The number of aryl methyl sites for hydroxylation is 3. The number of halogens is 1. The molecule has 0 spiro atoms. The second-order valence-corrected chi connectivity index (χ2v) is 5.59. The third-order valence-corrected chi connectivity index (χ3v) is 4.01. The molecule has 2 rings (SSSR count). The Labute approximate surface area is 125 Å². The Kier molecular flexibility index (Phi) is 4.36. The first-order chi connectivity index (χ1) is 9.43. The summed E-state index contributed by atoms with van der Waals surface area (Å²) in [6.07, 6.45) is 0. The van der Waals surface area contributed by atoms with E-state index in [1.54, 1.807) is 7.11 Å². The molecule has 0 heterocycles. The summed E-state index contributed by atoms with van der Waals surface area (Å²) >= 11 is 6.15. The van der Waals surface area contributed by atoms with Crippen molar-refractivity contribution in [3.63, 3.8) is 0 Å². The van der Waals surface area contributed by atoms with Gasteiger partial charge in [-0.3, -0.25) is 0 Å². The molecule has 20 heavy (non-hydrogen) atoms. The van der Waals surface area contributed by atoms with Crippen molar-refractivity contribution in [2.75, 3.05) is 7.11 Å². The maximum Gasteiger partial charge on any atom is 0.123 e. The van der Waals surface area contributed by atoms with Crippen molar-refractivity contribution in [3.05, 3.63) is 63.2 Å². The Morgan fingerprint density at radius 2 is 1.70 bits per heavy atom. The third kappa shape index (κ3) is 2.82. The van der Waals surface area contributed by atoms with Crippen LogP contribution in [0, 0.1) is 20.8 Å². The standard InChI is InChI=1S/C17H20ClNO/c1-10-5-6-16(20-4)14(7-10)17(19)13-8-12(3)15(18)9-11(13)2/h5-9,17H,19H2,1-4H3. The maximum atomic E-state index is 6.46. The van der Waals surface area contributed by atoms with Crippen LogP contribution in [0.25, 0.3) is 0 Å². The molecule has 1 atom stereocenters. The first-order valence-electron chi connectivity index (χ1n) is 6.60. The Morgan fingerprint density at radius 3 is 2.35 bits per heavy atom. The highest BCUT2D eigenvalue weighted by Gasteiger charge is 2.17. The van der Waals surface area contributed by atoms with E-state index in [0.717, 1.165) is 33.0 Å². The fourth-order valence-corrected chi connectivity index (χ4v) is 2.62. The number of hydrogen-bond donors (Lipinski definition) is 1. The van der Waals surface area contributed by atoms with Gasteiger partial charge in [-0.2, -0.15) is 0 Å². The predicted octanol–water partition coefficient (Wildman–Crippen LogP) is 4.32. The van der Waals surface area contributed by atoms with Gasteiger partial charge in [-0.1, -0.05) is 35.4 Å². The van der Waals surface area contributed by atoms with Gasteiger partial charge in [0.15, 0.2) is 0 Å². The lowest BCUT2D eigenvalue weighted by Gasteiger charge is -2.19. The van der Waals surface area contributed by atoms with Gasteiger partial charge in [0, 0.05) is 10.6 Å². The van der Waals surface area contributed by atoms with E-state index in [-0.39, 0.29) is 6.04 Å². The van der Waals surface area contributed by atoms with Crippen LogP contribution in [0.3, 0.4) is 0 Å². The molecule has 0 bridgehead atoms. The van der Waals surface area contributed by atoms with Gasteiger partial charge in [0.1, 0.15) is 5.75 Å². The van der Waals surface area contributed by atoms with Crippen molar-refractivity contribution in [1.29, 1.82) is 0 Å². The van der Waals surface area contributed by atoms with Crippen LogP contribution in [0.2, 0.25) is 5.02 Å². The van der Waals surface area contributed by atoms with Crippen LogP contribution >= 0.6 is 11.6 Å². The molecule has 0 aliphatic carbocycles. The van der Waals surface area contributed by atoms with Crippen LogP contribution in [0.1, 0.15) is 33.9 Å². The van der Waals surface area contributed by atoms with Gasteiger partial charge in [0.25, 0.3) is 0 Å². The van der Waals surface area contributed by atoms with E-state index in [0.29, 0.717) is 0 Å². The molecule has 0 aromatic heterocycles. The first kappa shape index (κ1) is 14.9. The van der Waals surface area contributed by atoms with Crippen molar-refractivity contribution in [1.82, 2.24) is 0 Å². The molecule has 2 aromatic carbocycles. The fourth-order valence-electron chi connectivity index (χ4n) is 2.40. The van der Waals surface area contributed by atoms with Crippen LogP contribution in [-0.4, -0.2) is 7.11 Å². The van der Waals surface area contributed by atoms with Crippen molar-refractivity contribution < 1.29 is 4.74 Å². The van der Waals surface area contributed by atoms with Gasteiger partial charge >= 0.3 is 0 Å². The number of methoxy groups -OCH3 is 1. The van der Waals surface area contributed by atoms with Crippen LogP contribution in [0.4, 0.5) is 0 Å². The quantitative estimate of drug-likeness (QED) is 0.913. The van der Waals surface area contributed by atoms with E-state index in [1.165, 1.54) is 5.56 Å². The van der Waals surface area contributed by atoms with Crippen LogP contribution in [-0.2, 0) is 0 Å². The molecule has 106 valence electrons. The van der Waals surface area contributed by atoms with Gasteiger partial charge in [-0.25, -0.2) is 0 Å². The van der Waals surface area contributed by atoms with Crippen LogP contribution in [0.15, 0.2) is 30.3 Å². The molecule has 2 aromatic rings. The molecule has 2 nitrogen and oxygen atoms in total. The molecule has 0 aliphatic rings. The van der Waals surface area contributed by atoms with E-state index < -0.39 is 0 Å². The smallest absolute Gasteiger partial charge is 0.123 e. The number of ether oxygens (including phenoxy) is 1. The summed E-state index contributed by atoms with van der Waals surface area (Å²) in [6.45, 7) is 6.07. The van der Waals surface area contributed by atoms with E-state index >= 15 is 0 Å². The number of hydrogen-bond acceptors (Lipinski definition) is 2. The number of nitrogens with two attached hydrogens (primary N) is 1. The van der Waals surface area contributed by atoms with Gasteiger partial charge in [0.2, 0.25) is 0 Å². The zero-order valence-electron chi connectivity index (χ0n) is 12.3. The molecule has 0 amide bonds. The molecule has 0 saturated heterocycles. The average Bonchev–Trinajstić information content (AvgIpc) is 2.42. The number of benzene rings is 2. The van der Waals surface area contributed by atoms with Gasteiger partial charge in [0.05, 0.1) is 13.2 Å². The second-order valence-electron chi connectivity index (χ2n) is 5.18. The Hall–Kier alpha value is -1.51. The summed E-state index contributed by atoms with van der Waals surface area (Å²) in [6, 6.07) is 9.86. The molecular weight excluding hydrogens is 270 g/mol. The van der Waals surface area contributed by atoms with E-state index in [4.69, 9.17) is 22.1 Å². The molecule has 3 heteroatoms. The summed E-state index contributed by atoms with van der Waals surface area (Å²) < 4.78 is 5.43. The lowest BCUT2D eigenvalue weighted by molar-refractivity contribution is 0.407.